The summed E-state index contributed by atoms with van der Waals surface area (Å²) in [5, 5.41) is 0. The van der Waals surface area contributed by atoms with Crippen molar-refractivity contribution in [1.29, 1.82) is 0 Å². The molecule has 1 aromatic rings. The van der Waals surface area contributed by atoms with Gasteiger partial charge in [0.05, 0.1) is 9.79 Å². The minimum absolute atomic E-state index is 0.142. The second-order valence-electron chi connectivity index (χ2n) is 3.97. The van der Waals surface area contributed by atoms with E-state index < -0.39 is 19.1 Å². The Morgan fingerprint density at radius 2 is 1.80 bits per heavy atom. The zero-order valence-electron chi connectivity index (χ0n) is 10.5. The number of halogens is 1. The first-order chi connectivity index (χ1) is 9.27. The molecule has 8 heteroatoms. The molecule has 110 valence electrons. The molecular formula is C12H14ClNO4S2. The molecule has 0 aliphatic heterocycles. The van der Waals surface area contributed by atoms with E-state index in [9.17, 15) is 16.8 Å². The van der Waals surface area contributed by atoms with E-state index in [-0.39, 0.29) is 16.3 Å². The minimum Gasteiger partial charge on any atom is -0.211 e. The summed E-state index contributed by atoms with van der Waals surface area (Å²) in [7, 11) is -2.53. The van der Waals surface area contributed by atoms with Gasteiger partial charge in [0.15, 0.2) is 0 Å². The summed E-state index contributed by atoms with van der Waals surface area (Å²) in [6.07, 6.45) is 7.00. The summed E-state index contributed by atoms with van der Waals surface area (Å²) in [6.45, 7) is 0.238. The van der Waals surface area contributed by atoms with Gasteiger partial charge in [-0.25, -0.2) is 21.6 Å². The second-order valence-corrected chi connectivity index (χ2v) is 8.30. The molecular weight excluding hydrogens is 322 g/mol. The molecule has 0 saturated heterocycles. The molecule has 20 heavy (non-hydrogen) atoms. The highest BCUT2D eigenvalue weighted by molar-refractivity contribution is 8.13. The van der Waals surface area contributed by atoms with Crippen LogP contribution in [0.1, 0.15) is 19.3 Å². The van der Waals surface area contributed by atoms with Gasteiger partial charge in [0.25, 0.3) is 9.05 Å². The molecule has 0 atom stereocenters. The zero-order valence-corrected chi connectivity index (χ0v) is 12.9. The van der Waals surface area contributed by atoms with Crippen LogP contribution < -0.4 is 4.72 Å². The van der Waals surface area contributed by atoms with Crippen molar-refractivity contribution in [3.8, 4) is 12.3 Å². The average Bonchev–Trinajstić information content (AvgIpc) is 2.37. The summed E-state index contributed by atoms with van der Waals surface area (Å²) in [5.41, 5.74) is 0. The van der Waals surface area contributed by atoms with Crippen molar-refractivity contribution in [1.82, 2.24) is 4.72 Å². The number of hydrogen-bond acceptors (Lipinski definition) is 4. The number of sulfonamides is 1. The predicted molar refractivity (Wildman–Crippen MR) is 77.4 cm³/mol. The third kappa shape index (κ3) is 5.13. The second kappa shape index (κ2) is 7.09. The number of nitrogens with one attached hydrogen (secondary N) is 1. The van der Waals surface area contributed by atoms with Crippen LogP contribution >= 0.6 is 10.7 Å². The minimum atomic E-state index is -3.96. The first kappa shape index (κ1) is 17.0. The standard InChI is InChI=1S/C12H14ClNO4S2/c1-2-3-4-5-9-14-20(17,18)12-8-6-7-11(10-12)19(13,15)16/h1,6-8,10,14H,3-5,9H2. The normalized spacial score (nSPS) is 12.0. The van der Waals surface area contributed by atoms with Gasteiger partial charge in [-0.1, -0.05) is 6.07 Å². The van der Waals surface area contributed by atoms with E-state index >= 15 is 0 Å². The number of benzene rings is 1. The number of unbranched alkanes of at least 4 members (excludes halogenated alkanes) is 2. The molecule has 0 bridgehead atoms. The zero-order chi connectivity index (χ0) is 15.2. The van der Waals surface area contributed by atoms with Gasteiger partial charge in [-0.05, 0) is 31.0 Å². The summed E-state index contributed by atoms with van der Waals surface area (Å²) in [6, 6.07) is 4.87. The Kier molecular flexibility index (Phi) is 6.02. The van der Waals surface area contributed by atoms with Gasteiger partial charge in [-0.3, -0.25) is 0 Å². The number of hydrogen-bond donors (Lipinski definition) is 1. The van der Waals surface area contributed by atoms with Crippen LogP contribution in [0.4, 0.5) is 0 Å². The van der Waals surface area contributed by atoms with Gasteiger partial charge in [0.2, 0.25) is 10.0 Å². The van der Waals surface area contributed by atoms with Crippen LogP contribution in [-0.4, -0.2) is 23.4 Å². The largest absolute Gasteiger partial charge is 0.261 e. The molecule has 0 amide bonds. The van der Waals surface area contributed by atoms with Gasteiger partial charge >= 0.3 is 0 Å². The van der Waals surface area contributed by atoms with E-state index in [4.69, 9.17) is 17.1 Å². The van der Waals surface area contributed by atoms with Crippen LogP contribution in [-0.2, 0) is 19.1 Å². The van der Waals surface area contributed by atoms with Gasteiger partial charge < -0.3 is 0 Å². The lowest BCUT2D eigenvalue weighted by Crippen LogP contribution is -2.24. The maximum absolute atomic E-state index is 12.0. The fourth-order valence-corrected chi connectivity index (χ4v) is 3.43. The van der Waals surface area contributed by atoms with Crippen molar-refractivity contribution in [3.05, 3.63) is 24.3 Å². The summed E-state index contributed by atoms with van der Waals surface area (Å²) in [5.74, 6) is 2.46. The van der Waals surface area contributed by atoms with E-state index in [0.29, 0.717) is 12.8 Å². The van der Waals surface area contributed by atoms with E-state index in [0.717, 1.165) is 12.5 Å². The molecule has 0 radical (unpaired) electrons. The Hall–Kier alpha value is -1.07. The summed E-state index contributed by atoms with van der Waals surface area (Å²) in [4.78, 5) is -0.398. The van der Waals surface area contributed by atoms with E-state index in [1.807, 2.05) is 0 Å². The lowest BCUT2D eigenvalue weighted by atomic mass is 10.2. The fraction of sp³-hybridized carbons (Fsp3) is 0.333. The van der Waals surface area contributed by atoms with E-state index in [1.54, 1.807) is 0 Å². The quantitative estimate of drug-likeness (QED) is 0.467. The third-order valence-corrected chi connectivity index (χ3v) is 5.25. The van der Waals surface area contributed by atoms with Crippen molar-refractivity contribution < 1.29 is 16.8 Å². The predicted octanol–water partition coefficient (Wildman–Crippen LogP) is 1.70. The average molecular weight is 336 g/mol. The van der Waals surface area contributed by atoms with Gasteiger partial charge in [-0.15, -0.1) is 12.3 Å². The van der Waals surface area contributed by atoms with Gasteiger partial charge in [0, 0.05) is 23.6 Å². The Morgan fingerprint density at radius 3 is 2.40 bits per heavy atom. The first-order valence-corrected chi connectivity index (χ1v) is 9.54. The Bertz CT molecular complexity index is 705. The monoisotopic (exact) mass is 335 g/mol. The molecule has 0 heterocycles. The van der Waals surface area contributed by atoms with Crippen LogP contribution in [0.2, 0.25) is 0 Å². The molecule has 0 saturated carbocycles. The van der Waals surface area contributed by atoms with Crippen molar-refractivity contribution in [2.45, 2.75) is 29.1 Å². The van der Waals surface area contributed by atoms with Crippen molar-refractivity contribution >= 4 is 29.8 Å². The maximum atomic E-state index is 12.0. The highest BCUT2D eigenvalue weighted by Gasteiger charge is 2.17. The van der Waals surface area contributed by atoms with Crippen molar-refractivity contribution in [2.75, 3.05) is 6.54 Å². The molecule has 1 rings (SSSR count). The summed E-state index contributed by atoms with van der Waals surface area (Å²) >= 11 is 0. The highest BCUT2D eigenvalue weighted by atomic mass is 35.7. The Labute approximate surface area is 123 Å². The topological polar surface area (TPSA) is 80.3 Å². The van der Waals surface area contributed by atoms with E-state index in [2.05, 4.69) is 10.6 Å². The van der Waals surface area contributed by atoms with Gasteiger partial charge in [0.1, 0.15) is 0 Å². The lowest BCUT2D eigenvalue weighted by molar-refractivity contribution is 0.577. The van der Waals surface area contributed by atoms with Crippen molar-refractivity contribution in [2.24, 2.45) is 0 Å². The Morgan fingerprint density at radius 1 is 1.15 bits per heavy atom. The van der Waals surface area contributed by atoms with Gasteiger partial charge in [-0.2, -0.15) is 0 Å². The van der Waals surface area contributed by atoms with Crippen LogP contribution in [0.5, 0.6) is 0 Å². The SMILES string of the molecule is C#CCCCCNS(=O)(=O)c1cccc(S(=O)(=O)Cl)c1. The number of rotatable bonds is 7. The molecule has 0 aliphatic rings. The highest BCUT2D eigenvalue weighted by Crippen LogP contribution is 2.18. The molecule has 0 aromatic heterocycles. The van der Waals surface area contributed by atoms with Crippen molar-refractivity contribution in [3.63, 3.8) is 0 Å². The number of terminal acetylenes is 1. The smallest absolute Gasteiger partial charge is 0.211 e. The van der Waals surface area contributed by atoms with E-state index in [1.165, 1.54) is 18.2 Å². The molecule has 5 nitrogen and oxygen atoms in total. The molecule has 1 aromatic carbocycles. The third-order valence-electron chi connectivity index (χ3n) is 2.44. The molecule has 0 spiro atoms. The van der Waals surface area contributed by atoms with Crippen LogP contribution in [0.25, 0.3) is 0 Å². The molecule has 0 unspecified atom stereocenters. The molecule has 0 fully saturated rings. The van der Waals surface area contributed by atoms with Crippen LogP contribution in [0.3, 0.4) is 0 Å². The first-order valence-electron chi connectivity index (χ1n) is 5.75. The molecule has 0 aliphatic carbocycles. The fourth-order valence-electron chi connectivity index (χ4n) is 1.43. The maximum Gasteiger partial charge on any atom is 0.261 e. The molecule has 1 N–H and O–H groups in total. The summed E-state index contributed by atoms with van der Waals surface area (Å²) < 4.78 is 48.6. The lowest BCUT2D eigenvalue weighted by Gasteiger charge is -2.07. The van der Waals surface area contributed by atoms with Crippen LogP contribution in [0.15, 0.2) is 34.1 Å². The van der Waals surface area contributed by atoms with Crippen LogP contribution in [0, 0.1) is 12.3 Å². The Balaban J connectivity index is 2.81.